The second kappa shape index (κ2) is 5.87. The lowest BCUT2D eigenvalue weighted by molar-refractivity contribution is 0.0697. The number of sulfone groups is 1. The average Bonchev–Trinajstić information content (AvgIpc) is 2.82. The van der Waals surface area contributed by atoms with Crippen molar-refractivity contribution < 1.29 is 18.3 Å². The molecular formula is C13H13ClN2O4S. The maximum atomic E-state index is 12.2. The third kappa shape index (κ3) is 3.62. The van der Waals surface area contributed by atoms with E-state index in [2.05, 4.69) is 5.10 Å². The summed E-state index contributed by atoms with van der Waals surface area (Å²) in [6, 6.07) is 3.68. The molecular weight excluding hydrogens is 316 g/mol. The smallest absolute Gasteiger partial charge is 0.337 e. The summed E-state index contributed by atoms with van der Waals surface area (Å²) in [7, 11) is -1.83. The molecule has 0 spiro atoms. The van der Waals surface area contributed by atoms with Gasteiger partial charge < -0.3 is 5.11 Å². The number of halogens is 1. The Morgan fingerprint density at radius 2 is 2.14 bits per heavy atom. The molecule has 0 aliphatic carbocycles. The molecule has 21 heavy (non-hydrogen) atoms. The third-order valence-electron chi connectivity index (χ3n) is 2.95. The summed E-state index contributed by atoms with van der Waals surface area (Å²) >= 11 is 5.73. The first-order valence-corrected chi connectivity index (χ1v) is 8.06. The van der Waals surface area contributed by atoms with Crippen LogP contribution in [0.15, 0.2) is 35.5 Å². The maximum Gasteiger partial charge on any atom is 0.337 e. The van der Waals surface area contributed by atoms with Crippen molar-refractivity contribution in [3.63, 3.8) is 0 Å². The number of aromatic nitrogens is 2. The summed E-state index contributed by atoms with van der Waals surface area (Å²) < 4.78 is 26.1. The molecule has 1 aromatic carbocycles. The lowest BCUT2D eigenvalue weighted by Crippen LogP contribution is -2.10. The largest absolute Gasteiger partial charge is 0.478 e. The van der Waals surface area contributed by atoms with E-state index in [1.165, 1.54) is 12.1 Å². The number of carboxylic acid groups (broad SMARTS) is 1. The van der Waals surface area contributed by atoms with Gasteiger partial charge in [0.2, 0.25) is 0 Å². The molecule has 0 aliphatic heterocycles. The molecule has 0 saturated heterocycles. The molecule has 2 aromatic rings. The van der Waals surface area contributed by atoms with E-state index in [9.17, 15) is 13.2 Å². The summed E-state index contributed by atoms with van der Waals surface area (Å²) in [4.78, 5) is 10.9. The van der Waals surface area contributed by atoms with Crippen LogP contribution in [0.4, 0.5) is 0 Å². The van der Waals surface area contributed by atoms with Crippen molar-refractivity contribution in [3.8, 4) is 0 Å². The highest BCUT2D eigenvalue weighted by Crippen LogP contribution is 2.21. The minimum Gasteiger partial charge on any atom is -0.478 e. The highest BCUT2D eigenvalue weighted by molar-refractivity contribution is 7.91. The molecule has 8 heteroatoms. The van der Waals surface area contributed by atoms with E-state index >= 15 is 0 Å². The van der Waals surface area contributed by atoms with Crippen LogP contribution in [-0.4, -0.2) is 35.0 Å². The van der Waals surface area contributed by atoms with Gasteiger partial charge in [0.1, 0.15) is 0 Å². The van der Waals surface area contributed by atoms with Crippen molar-refractivity contribution in [2.45, 2.75) is 11.3 Å². The molecule has 112 valence electrons. The predicted molar refractivity (Wildman–Crippen MR) is 77.4 cm³/mol. The zero-order valence-corrected chi connectivity index (χ0v) is 12.7. The van der Waals surface area contributed by atoms with Gasteiger partial charge in [-0.25, -0.2) is 13.2 Å². The van der Waals surface area contributed by atoms with Crippen LogP contribution in [0.2, 0.25) is 5.02 Å². The van der Waals surface area contributed by atoms with Crippen LogP contribution in [0, 0.1) is 0 Å². The number of aromatic carboxylic acids is 1. The Kier molecular flexibility index (Phi) is 4.34. The van der Waals surface area contributed by atoms with Crippen molar-refractivity contribution in [2.75, 3.05) is 5.75 Å². The standard InChI is InChI=1S/C13H13ClN2O4S/c1-16-8-9(7-15-16)4-5-21(19,20)10-2-3-12(14)11(6-10)13(17)18/h2-3,6-8H,4-5H2,1H3,(H,17,18). The topological polar surface area (TPSA) is 89.3 Å². The molecule has 0 radical (unpaired) electrons. The Hall–Kier alpha value is -1.86. The van der Waals surface area contributed by atoms with E-state index in [0.717, 1.165) is 11.6 Å². The molecule has 2 rings (SSSR count). The monoisotopic (exact) mass is 328 g/mol. The molecule has 0 aliphatic rings. The first-order valence-electron chi connectivity index (χ1n) is 6.03. The molecule has 1 aromatic heterocycles. The first kappa shape index (κ1) is 15.5. The Balaban J connectivity index is 2.23. The van der Waals surface area contributed by atoms with Crippen LogP contribution in [0.1, 0.15) is 15.9 Å². The minimum absolute atomic E-state index is 0.00806. The third-order valence-corrected chi connectivity index (χ3v) is 4.99. The number of nitrogens with zero attached hydrogens (tertiary/aromatic N) is 2. The molecule has 0 bridgehead atoms. The van der Waals surface area contributed by atoms with Crippen LogP contribution in [0.5, 0.6) is 0 Å². The van der Waals surface area contributed by atoms with Gasteiger partial charge in [0.05, 0.1) is 27.4 Å². The molecule has 0 fully saturated rings. The van der Waals surface area contributed by atoms with E-state index in [0.29, 0.717) is 6.42 Å². The van der Waals surface area contributed by atoms with E-state index in [1.807, 2.05) is 0 Å². The van der Waals surface area contributed by atoms with Crippen molar-refractivity contribution in [3.05, 3.63) is 46.7 Å². The van der Waals surface area contributed by atoms with Gasteiger partial charge in [-0.2, -0.15) is 5.10 Å². The van der Waals surface area contributed by atoms with Gasteiger partial charge in [-0.05, 0) is 30.2 Å². The fourth-order valence-corrected chi connectivity index (χ4v) is 3.34. The van der Waals surface area contributed by atoms with Gasteiger partial charge >= 0.3 is 5.97 Å². The van der Waals surface area contributed by atoms with Crippen LogP contribution in [0.25, 0.3) is 0 Å². The van der Waals surface area contributed by atoms with E-state index < -0.39 is 15.8 Å². The second-order valence-corrected chi connectivity index (χ2v) is 7.05. The van der Waals surface area contributed by atoms with Crippen molar-refractivity contribution in [1.82, 2.24) is 9.78 Å². The number of hydrogen-bond acceptors (Lipinski definition) is 4. The fraction of sp³-hybridized carbons (Fsp3) is 0.231. The summed E-state index contributed by atoms with van der Waals surface area (Å²) in [6.07, 6.45) is 3.64. The minimum atomic E-state index is -3.58. The molecule has 0 unspecified atom stereocenters. The summed E-state index contributed by atoms with van der Waals surface area (Å²) in [6.45, 7) is 0. The van der Waals surface area contributed by atoms with E-state index in [1.54, 1.807) is 24.1 Å². The van der Waals surface area contributed by atoms with Gasteiger partial charge in [-0.1, -0.05) is 11.6 Å². The zero-order chi connectivity index (χ0) is 15.6. The zero-order valence-electron chi connectivity index (χ0n) is 11.2. The lowest BCUT2D eigenvalue weighted by atomic mass is 10.2. The Labute approximate surface area is 126 Å². The summed E-state index contributed by atoms with van der Waals surface area (Å²) in [5, 5.41) is 12.9. The van der Waals surface area contributed by atoms with Crippen LogP contribution < -0.4 is 0 Å². The van der Waals surface area contributed by atoms with Crippen molar-refractivity contribution in [1.29, 1.82) is 0 Å². The Morgan fingerprint density at radius 3 is 2.71 bits per heavy atom. The predicted octanol–water partition coefficient (Wildman–Crippen LogP) is 1.79. The molecule has 6 nitrogen and oxygen atoms in total. The highest BCUT2D eigenvalue weighted by Gasteiger charge is 2.18. The second-order valence-electron chi connectivity index (χ2n) is 4.54. The molecule has 0 amide bonds. The summed E-state index contributed by atoms with van der Waals surface area (Å²) in [5.74, 6) is -1.39. The van der Waals surface area contributed by atoms with Gasteiger partial charge in [0, 0.05) is 13.2 Å². The number of rotatable bonds is 5. The summed E-state index contributed by atoms with van der Waals surface area (Å²) in [5.41, 5.74) is 0.576. The van der Waals surface area contributed by atoms with Crippen LogP contribution in [0.3, 0.4) is 0 Å². The number of benzene rings is 1. The first-order chi connectivity index (χ1) is 9.79. The molecule has 0 atom stereocenters. The molecule has 1 heterocycles. The van der Waals surface area contributed by atoms with Gasteiger partial charge in [0.15, 0.2) is 9.84 Å². The normalized spacial score (nSPS) is 11.5. The van der Waals surface area contributed by atoms with Gasteiger partial charge in [-0.3, -0.25) is 4.68 Å². The highest BCUT2D eigenvalue weighted by atomic mass is 35.5. The van der Waals surface area contributed by atoms with Crippen LogP contribution >= 0.6 is 11.6 Å². The molecule has 1 N–H and O–H groups in total. The van der Waals surface area contributed by atoms with E-state index in [4.69, 9.17) is 16.7 Å². The number of aryl methyl sites for hydroxylation is 2. The number of carbonyl (C=O) groups is 1. The maximum absolute atomic E-state index is 12.2. The quantitative estimate of drug-likeness (QED) is 0.903. The fourth-order valence-electron chi connectivity index (χ4n) is 1.83. The van der Waals surface area contributed by atoms with Crippen molar-refractivity contribution >= 4 is 27.4 Å². The average molecular weight is 329 g/mol. The van der Waals surface area contributed by atoms with Gasteiger partial charge in [0.25, 0.3) is 0 Å². The number of hydrogen-bond donors (Lipinski definition) is 1. The molecule has 0 saturated carbocycles. The lowest BCUT2D eigenvalue weighted by Gasteiger charge is -2.06. The van der Waals surface area contributed by atoms with Crippen molar-refractivity contribution in [2.24, 2.45) is 7.05 Å². The van der Waals surface area contributed by atoms with Gasteiger partial charge in [-0.15, -0.1) is 0 Å². The van der Waals surface area contributed by atoms with Crippen LogP contribution in [-0.2, 0) is 23.3 Å². The van der Waals surface area contributed by atoms with E-state index in [-0.39, 0.29) is 21.2 Å². The number of carboxylic acids is 1. The SMILES string of the molecule is Cn1cc(CCS(=O)(=O)c2ccc(Cl)c(C(=O)O)c2)cn1. The Morgan fingerprint density at radius 1 is 1.43 bits per heavy atom. The Bertz CT molecular complexity index is 783.